The molecule has 2 aromatic rings. The molecule has 1 aromatic carbocycles. The van der Waals surface area contributed by atoms with E-state index in [1.165, 1.54) is 12.1 Å². The molecule has 2 rings (SSSR count). The third kappa shape index (κ3) is 2.65. The van der Waals surface area contributed by atoms with Gasteiger partial charge in [-0.05, 0) is 40.7 Å². The van der Waals surface area contributed by atoms with Gasteiger partial charge in [0.05, 0.1) is 22.4 Å². The first-order chi connectivity index (χ1) is 9.37. The fraction of sp³-hybridized carbons (Fsp3) is 0.400. The van der Waals surface area contributed by atoms with Crippen molar-refractivity contribution in [3.8, 4) is 0 Å². The number of nitrogens with zero attached hydrogens (tertiary/aromatic N) is 2. The lowest BCUT2D eigenvalue weighted by Gasteiger charge is -2.35. The minimum absolute atomic E-state index is 0.0508. The summed E-state index contributed by atoms with van der Waals surface area (Å²) in [6.07, 6.45) is 1.79. The van der Waals surface area contributed by atoms with Crippen molar-refractivity contribution >= 4 is 15.9 Å². The summed E-state index contributed by atoms with van der Waals surface area (Å²) in [6.45, 7) is 4.28. The molecule has 1 atom stereocenters. The van der Waals surface area contributed by atoms with Crippen LogP contribution in [0.1, 0.15) is 31.1 Å². The van der Waals surface area contributed by atoms with E-state index in [9.17, 15) is 4.39 Å². The smallest absolute Gasteiger partial charge is 0.123 e. The van der Waals surface area contributed by atoms with Gasteiger partial charge < -0.3 is 5.32 Å². The first-order valence-electron chi connectivity index (χ1n) is 6.48. The first kappa shape index (κ1) is 15.2. The SMILES string of the molecule is CNC(c1c(Br)cnn1C)C(C)(C)c1ccc(F)cc1. The Bertz CT molecular complexity index is 570. The van der Waals surface area contributed by atoms with E-state index in [0.29, 0.717) is 0 Å². The van der Waals surface area contributed by atoms with Crippen molar-refractivity contribution in [2.24, 2.45) is 7.05 Å². The van der Waals surface area contributed by atoms with Crippen LogP contribution in [0.15, 0.2) is 34.9 Å². The highest BCUT2D eigenvalue weighted by atomic mass is 79.9. The van der Waals surface area contributed by atoms with Crippen molar-refractivity contribution in [3.05, 3.63) is 52.0 Å². The molecule has 1 heterocycles. The quantitative estimate of drug-likeness (QED) is 0.922. The van der Waals surface area contributed by atoms with Gasteiger partial charge in [-0.25, -0.2) is 4.39 Å². The molecule has 20 heavy (non-hydrogen) atoms. The highest BCUT2D eigenvalue weighted by Gasteiger charge is 2.34. The molecule has 0 aliphatic rings. The minimum Gasteiger partial charge on any atom is -0.311 e. The molecule has 108 valence electrons. The molecule has 0 radical (unpaired) electrons. The highest BCUT2D eigenvalue weighted by molar-refractivity contribution is 9.10. The van der Waals surface area contributed by atoms with Crippen LogP contribution < -0.4 is 5.32 Å². The number of halogens is 2. The number of aromatic nitrogens is 2. The highest BCUT2D eigenvalue weighted by Crippen LogP contribution is 2.39. The van der Waals surface area contributed by atoms with Crippen molar-refractivity contribution in [2.75, 3.05) is 7.05 Å². The number of hydrogen-bond donors (Lipinski definition) is 1. The van der Waals surface area contributed by atoms with Gasteiger partial charge in [-0.2, -0.15) is 5.10 Å². The van der Waals surface area contributed by atoms with Crippen molar-refractivity contribution < 1.29 is 4.39 Å². The molecule has 1 aromatic heterocycles. The zero-order valence-electron chi connectivity index (χ0n) is 12.1. The van der Waals surface area contributed by atoms with Gasteiger partial charge in [0.25, 0.3) is 0 Å². The molecule has 0 amide bonds. The molecular weight excluding hydrogens is 321 g/mol. The van der Waals surface area contributed by atoms with Crippen LogP contribution in [-0.4, -0.2) is 16.8 Å². The second-order valence-corrected chi connectivity index (χ2v) is 6.31. The number of nitrogens with one attached hydrogen (secondary N) is 1. The summed E-state index contributed by atoms with van der Waals surface area (Å²) in [4.78, 5) is 0. The van der Waals surface area contributed by atoms with Crippen molar-refractivity contribution in [3.63, 3.8) is 0 Å². The van der Waals surface area contributed by atoms with E-state index in [1.807, 2.05) is 30.9 Å². The molecular formula is C15H19BrFN3. The van der Waals surface area contributed by atoms with Crippen molar-refractivity contribution in [1.29, 1.82) is 0 Å². The van der Waals surface area contributed by atoms with Gasteiger partial charge in [0.1, 0.15) is 5.82 Å². The predicted molar refractivity (Wildman–Crippen MR) is 82.1 cm³/mol. The molecule has 0 saturated carbocycles. The Morgan fingerprint density at radius 2 is 1.90 bits per heavy atom. The van der Waals surface area contributed by atoms with Crippen LogP contribution in [0.4, 0.5) is 4.39 Å². The third-order valence-electron chi connectivity index (χ3n) is 3.81. The number of benzene rings is 1. The first-order valence-corrected chi connectivity index (χ1v) is 7.28. The monoisotopic (exact) mass is 339 g/mol. The normalized spacial score (nSPS) is 13.5. The Kier molecular flexibility index (Phi) is 4.30. The summed E-state index contributed by atoms with van der Waals surface area (Å²) < 4.78 is 15.9. The van der Waals surface area contributed by atoms with Gasteiger partial charge in [-0.15, -0.1) is 0 Å². The summed E-state index contributed by atoms with van der Waals surface area (Å²) in [7, 11) is 3.85. The van der Waals surface area contributed by atoms with Gasteiger partial charge >= 0.3 is 0 Å². The van der Waals surface area contributed by atoms with Gasteiger partial charge in [0.2, 0.25) is 0 Å². The predicted octanol–water partition coefficient (Wildman–Crippen LogP) is 3.56. The molecule has 0 spiro atoms. The van der Waals surface area contributed by atoms with Crippen LogP contribution in [0.5, 0.6) is 0 Å². The lowest BCUT2D eigenvalue weighted by atomic mass is 9.76. The molecule has 0 aliphatic carbocycles. The lowest BCUT2D eigenvalue weighted by Crippen LogP contribution is -2.37. The molecule has 5 heteroatoms. The van der Waals surface area contributed by atoms with E-state index in [4.69, 9.17) is 0 Å². The molecule has 0 fully saturated rings. The third-order valence-corrected chi connectivity index (χ3v) is 4.42. The maximum Gasteiger partial charge on any atom is 0.123 e. The van der Waals surface area contributed by atoms with E-state index in [2.05, 4.69) is 40.2 Å². The van der Waals surface area contributed by atoms with Gasteiger partial charge in [-0.1, -0.05) is 26.0 Å². The molecule has 1 N–H and O–H groups in total. The minimum atomic E-state index is -0.215. The molecule has 0 aliphatic heterocycles. The zero-order chi connectivity index (χ0) is 14.9. The maximum absolute atomic E-state index is 13.1. The molecule has 1 unspecified atom stereocenters. The summed E-state index contributed by atoms with van der Waals surface area (Å²) in [5, 5.41) is 7.63. The van der Waals surface area contributed by atoms with E-state index in [-0.39, 0.29) is 17.3 Å². The Labute approximate surface area is 127 Å². The number of rotatable bonds is 4. The standard InChI is InChI=1S/C15H19BrFN3/c1-15(2,10-5-7-11(17)8-6-10)14(18-3)13-12(16)9-19-20(13)4/h5-9,14,18H,1-4H3. The molecule has 0 bridgehead atoms. The second kappa shape index (κ2) is 5.66. The molecule has 0 saturated heterocycles. The maximum atomic E-state index is 13.1. The van der Waals surface area contributed by atoms with Crippen LogP contribution in [0.25, 0.3) is 0 Å². The average Bonchev–Trinajstić information content (AvgIpc) is 2.72. The Morgan fingerprint density at radius 3 is 2.35 bits per heavy atom. The van der Waals surface area contributed by atoms with Gasteiger partial charge in [0.15, 0.2) is 0 Å². The van der Waals surface area contributed by atoms with Gasteiger partial charge in [0, 0.05) is 12.5 Å². The van der Waals surface area contributed by atoms with Crippen molar-refractivity contribution in [2.45, 2.75) is 25.3 Å². The van der Waals surface area contributed by atoms with E-state index in [0.717, 1.165) is 15.7 Å². The van der Waals surface area contributed by atoms with E-state index >= 15 is 0 Å². The Hall–Kier alpha value is -1.20. The number of hydrogen-bond acceptors (Lipinski definition) is 2. The lowest BCUT2D eigenvalue weighted by molar-refractivity contribution is 0.349. The second-order valence-electron chi connectivity index (χ2n) is 5.45. The van der Waals surface area contributed by atoms with Crippen molar-refractivity contribution in [1.82, 2.24) is 15.1 Å². The summed E-state index contributed by atoms with van der Waals surface area (Å²) in [5.41, 5.74) is 1.94. The van der Waals surface area contributed by atoms with E-state index in [1.54, 1.807) is 6.20 Å². The number of aryl methyl sites for hydroxylation is 1. The van der Waals surface area contributed by atoms with Crippen LogP contribution in [0, 0.1) is 5.82 Å². The number of likely N-dealkylation sites (N-methyl/N-ethyl adjacent to an activating group) is 1. The van der Waals surface area contributed by atoms with Crippen LogP contribution in [0.3, 0.4) is 0 Å². The largest absolute Gasteiger partial charge is 0.311 e. The van der Waals surface area contributed by atoms with Crippen LogP contribution >= 0.6 is 15.9 Å². The van der Waals surface area contributed by atoms with Gasteiger partial charge in [-0.3, -0.25) is 4.68 Å². The zero-order valence-corrected chi connectivity index (χ0v) is 13.7. The fourth-order valence-electron chi connectivity index (χ4n) is 2.63. The van der Waals surface area contributed by atoms with Crippen LogP contribution in [-0.2, 0) is 12.5 Å². The van der Waals surface area contributed by atoms with Crippen LogP contribution in [0.2, 0.25) is 0 Å². The Morgan fingerprint density at radius 1 is 1.30 bits per heavy atom. The topological polar surface area (TPSA) is 29.9 Å². The molecule has 3 nitrogen and oxygen atoms in total. The fourth-order valence-corrected chi connectivity index (χ4v) is 3.21. The Balaban J connectivity index is 2.47. The average molecular weight is 340 g/mol. The summed E-state index contributed by atoms with van der Waals surface area (Å²) in [6, 6.07) is 6.73. The summed E-state index contributed by atoms with van der Waals surface area (Å²) >= 11 is 3.55. The summed E-state index contributed by atoms with van der Waals surface area (Å²) in [5.74, 6) is -0.215. The van der Waals surface area contributed by atoms with E-state index < -0.39 is 0 Å².